The van der Waals surface area contributed by atoms with Crippen LogP contribution in [0.2, 0.25) is 0 Å². The third kappa shape index (κ3) is 4.77. The zero-order chi connectivity index (χ0) is 20.9. The minimum absolute atomic E-state index is 0.487. The number of benzene rings is 1. The third-order valence-corrected chi connectivity index (χ3v) is 6.17. The number of anilines is 1. The van der Waals surface area contributed by atoms with Gasteiger partial charge in [-0.05, 0) is 43.0 Å². The molecular formula is C22H25N5O2S. The molecular weight excluding hydrogens is 398 g/mol. The first-order valence-corrected chi connectivity index (χ1v) is 10.9. The number of hydrogen-bond donors (Lipinski definition) is 1. The van der Waals surface area contributed by atoms with Crippen molar-refractivity contribution in [3.63, 3.8) is 0 Å². The van der Waals surface area contributed by atoms with Gasteiger partial charge >= 0.3 is 11.8 Å². The Labute approximate surface area is 179 Å². The number of carbonyl (C=O) groups excluding carboxylic acids is 2. The molecule has 0 aliphatic carbocycles. The highest BCUT2D eigenvalue weighted by Crippen LogP contribution is 2.20. The first kappa shape index (κ1) is 20.3. The van der Waals surface area contributed by atoms with Crippen molar-refractivity contribution in [2.24, 2.45) is 0 Å². The van der Waals surface area contributed by atoms with E-state index in [0.29, 0.717) is 18.8 Å². The Hall–Kier alpha value is -2.97. The highest BCUT2D eigenvalue weighted by molar-refractivity contribution is 7.09. The first-order valence-electron chi connectivity index (χ1n) is 10.1. The van der Waals surface area contributed by atoms with E-state index in [4.69, 9.17) is 0 Å². The Morgan fingerprint density at radius 1 is 1.07 bits per heavy atom. The zero-order valence-corrected chi connectivity index (χ0v) is 17.8. The number of rotatable bonds is 5. The van der Waals surface area contributed by atoms with Gasteiger partial charge in [0.15, 0.2) is 0 Å². The maximum Gasteiger partial charge on any atom is 0.313 e. The average molecular weight is 424 g/mol. The summed E-state index contributed by atoms with van der Waals surface area (Å²) in [4.78, 5) is 30.7. The van der Waals surface area contributed by atoms with Gasteiger partial charge < -0.3 is 10.2 Å². The summed E-state index contributed by atoms with van der Waals surface area (Å²) in [6.07, 6.45) is 2.85. The number of amides is 2. The molecule has 2 amide bonds. The molecule has 30 heavy (non-hydrogen) atoms. The smallest absolute Gasteiger partial charge is 0.313 e. The van der Waals surface area contributed by atoms with Gasteiger partial charge in [-0.3, -0.25) is 14.5 Å². The molecule has 8 heteroatoms. The Bertz CT molecular complexity index is 1010. The Morgan fingerprint density at radius 3 is 2.57 bits per heavy atom. The molecule has 4 rings (SSSR count). The SMILES string of the molecule is Cc1ccn(-c2ccccc2NC(=O)C(=O)N2CCN(CCc3cccs3)CC2)n1. The summed E-state index contributed by atoms with van der Waals surface area (Å²) in [5, 5.41) is 9.25. The average Bonchev–Trinajstić information content (AvgIpc) is 3.44. The summed E-state index contributed by atoms with van der Waals surface area (Å²) in [5.41, 5.74) is 2.17. The lowest BCUT2D eigenvalue weighted by atomic mass is 10.2. The first-order chi connectivity index (χ1) is 14.6. The van der Waals surface area contributed by atoms with Crippen molar-refractivity contribution in [2.75, 3.05) is 38.0 Å². The number of para-hydroxylation sites is 2. The number of aromatic nitrogens is 2. The van der Waals surface area contributed by atoms with Crippen LogP contribution < -0.4 is 5.32 Å². The van der Waals surface area contributed by atoms with Crippen molar-refractivity contribution in [1.82, 2.24) is 19.6 Å². The second-order valence-electron chi connectivity index (χ2n) is 7.34. The monoisotopic (exact) mass is 423 g/mol. The molecule has 0 bridgehead atoms. The van der Waals surface area contributed by atoms with Gasteiger partial charge in [0, 0.05) is 43.8 Å². The van der Waals surface area contributed by atoms with E-state index in [-0.39, 0.29) is 0 Å². The second-order valence-corrected chi connectivity index (χ2v) is 8.37. The van der Waals surface area contributed by atoms with Gasteiger partial charge in [-0.15, -0.1) is 11.3 Å². The summed E-state index contributed by atoms with van der Waals surface area (Å²) >= 11 is 1.77. The van der Waals surface area contributed by atoms with Crippen LogP contribution >= 0.6 is 11.3 Å². The molecule has 1 saturated heterocycles. The second kappa shape index (κ2) is 9.23. The van der Waals surface area contributed by atoms with Crippen molar-refractivity contribution >= 4 is 28.8 Å². The minimum Gasteiger partial charge on any atom is -0.332 e. The van der Waals surface area contributed by atoms with Gasteiger partial charge in [0.2, 0.25) is 0 Å². The normalized spacial score (nSPS) is 14.6. The zero-order valence-electron chi connectivity index (χ0n) is 17.0. The lowest BCUT2D eigenvalue weighted by molar-refractivity contribution is -0.144. The van der Waals surface area contributed by atoms with Crippen LogP contribution in [0.25, 0.3) is 5.69 Å². The third-order valence-electron chi connectivity index (χ3n) is 5.23. The van der Waals surface area contributed by atoms with E-state index in [1.807, 2.05) is 37.4 Å². The van der Waals surface area contributed by atoms with E-state index >= 15 is 0 Å². The Balaban J connectivity index is 1.32. The number of carbonyl (C=O) groups is 2. The van der Waals surface area contributed by atoms with Gasteiger partial charge in [0.25, 0.3) is 0 Å². The molecule has 0 unspecified atom stereocenters. The molecule has 0 radical (unpaired) electrons. The molecule has 1 aliphatic heterocycles. The predicted molar refractivity (Wildman–Crippen MR) is 118 cm³/mol. The number of nitrogens with one attached hydrogen (secondary N) is 1. The summed E-state index contributed by atoms with van der Waals surface area (Å²) in [6, 6.07) is 13.4. The van der Waals surface area contributed by atoms with E-state index < -0.39 is 11.8 Å². The molecule has 0 saturated carbocycles. The van der Waals surface area contributed by atoms with Crippen LogP contribution in [-0.2, 0) is 16.0 Å². The maximum absolute atomic E-state index is 12.7. The van der Waals surface area contributed by atoms with Crippen LogP contribution in [0.3, 0.4) is 0 Å². The van der Waals surface area contributed by atoms with Gasteiger partial charge in [0.1, 0.15) is 0 Å². The largest absolute Gasteiger partial charge is 0.332 e. The molecule has 2 aromatic heterocycles. The highest BCUT2D eigenvalue weighted by atomic mass is 32.1. The molecule has 3 heterocycles. The van der Waals surface area contributed by atoms with Crippen molar-refractivity contribution < 1.29 is 9.59 Å². The number of nitrogens with zero attached hydrogens (tertiary/aromatic N) is 4. The predicted octanol–water partition coefficient (Wildman–Crippen LogP) is 2.57. The van der Waals surface area contributed by atoms with Crippen LogP contribution in [0, 0.1) is 6.92 Å². The molecule has 1 aromatic carbocycles. The molecule has 1 N–H and O–H groups in total. The van der Waals surface area contributed by atoms with Crippen molar-refractivity contribution in [3.8, 4) is 5.69 Å². The van der Waals surface area contributed by atoms with Gasteiger partial charge in [0.05, 0.1) is 17.1 Å². The molecule has 7 nitrogen and oxygen atoms in total. The fraction of sp³-hybridized carbons (Fsp3) is 0.318. The summed E-state index contributed by atoms with van der Waals surface area (Å²) in [6.45, 7) is 5.58. The van der Waals surface area contributed by atoms with E-state index in [1.165, 1.54) is 4.88 Å². The van der Waals surface area contributed by atoms with Crippen LogP contribution in [0.15, 0.2) is 54.0 Å². The van der Waals surface area contributed by atoms with Crippen LogP contribution in [0.5, 0.6) is 0 Å². The highest BCUT2D eigenvalue weighted by Gasteiger charge is 2.26. The summed E-state index contributed by atoms with van der Waals surface area (Å²) in [7, 11) is 0. The quantitative estimate of drug-likeness (QED) is 0.641. The number of thiophene rings is 1. The number of hydrogen-bond acceptors (Lipinski definition) is 5. The lowest BCUT2D eigenvalue weighted by Crippen LogP contribution is -2.51. The van der Waals surface area contributed by atoms with Crippen molar-refractivity contribution in [1.29, 1.82) is 0 Å². The number of piperazine rings is 1. The maximum atomic E-state index is 12.7. The topological polar surface area (TPSA) is 70.5 Å². The number of aryl methyl sites for hydroxylation is 1. The minimum atomic E-state index is -0.613. The van der Waals surface area contributed by atoms with Crippen molar-refractivity contribution in [2.45, 2.75) is 13.3 Å². The molecule has 0 spiro atoms. The fourth-order valence-electron chi connectivity index (χ4n) is 3.55. The summed E-state index contributed by atoms with van der Waals surface area (Å²) in [5.74, 6) is -1.10. The molecule has 156 valence electrons. The van der Waals surface area contributed by atoms with E-state index in [1.54, 1.807) is 27.0 Å². The van der Waals surface area contributed by atoms with E-state index in [0.717, 1.165) is 37.4 Å². The molecule has 1 fully saturated rings. The van der Waals surface area contributed by atoms with E-state index in [2.05, 4.69) is 32.8 Å². The van der Waals surface area contributed by atoms with Crippen LogP contribution in [0.4, 0.5) is 5.69 Å². The standard InChI is InChI=1S/C22H25N5O2S/c1-17-8-11-27(24-17)20-7-3-2-6-19(20)23-21(28)22(29)26-14-12-25(13-15-26)10-9-18-5-4-16-30-18/h2-8,11,16H,9-10,12-15H2,1H3,(H,23,28). The lowest BCUT2D eigenvalue weighted by Gasteiger charge is -2.34. The Kier molecular flexibility index (Phi) is 6.25. The molecule has 3 aromatic rings. The summed E-state index contributed by atoms with van der Waals surface area (Å²) < 4.78 is 1.70. The molecule has 0 atom stereocenters. The Morgan fingerprint density at radius 2 is 1.87 bits per heavy atom. The van der Waals surface area contributed by atoms with E-state index in [9.17, 15) is 9.59 Å². The molecule has 1 aliphatic rings. The van der Waals surface area contributed by atoms with Crippen molar-refractivity contribution in [3.05, 3.63) is 64.6 Å². The van der Waals surface area contributed by atoms with Gasteiger partial charge in [-0.25, -0.2) is 4.68 Å². The van der Waals surface area contributed by atoms with Gasteiger partial charge in [-0.1, -0.05) is 18.2 Å². The van der Waals surface area contributed by atoms with Crippen LogP contribution in [0.1, 0.15) is 10.6 Å². The van der Waals surface area contributed by atoms with Crippen LogP contribution in [-0.4, -0.2) is 64.1 Å². The van der Waals surface area contributed by atoms with Gasteiger partial charge in [-0.2, -0.15) is 5.10 Å². The fourth-order valence-corrected chi connectivity index (χ4v) is 4.24.